The summed E-state index contributed by atoms with van der Waals surface area (Å²) in [5, 5.41) is 4.24. The Morgan fingerprint density at radius 3 is 2.48 bits per heavy atom. The average molecular weight is 335 g/mol. The molecule has 2 aromatic heterocycles. The van der Waals surface area contributed by atoms with E-state index < -0.39 is 0 Å². The molecular formula is C19H21N5O. The molecule has 1 aromatic carbocycles. The Balaban J connectivity index is 1.32. The zero-order chi connectivity index (χ0) is 17.1. The third-order valence-corrected chi connectivity index (χ3v) is 4.60. The van der Waals surface area contributed by atoms with E-state index in [4.69, 9.17) is 0 Å². The fourth-order valence-corrected chi connectivity index (χ4v) is 3.18. The molecule has 1 aliphatic heterocycles. The highest BCUT2D eigenvalue weighted by atomic mass is 16.2. The first-order chi connectivity index (χ1) is 12.3. The van der Waals surface area contributed by atoms with Gasteiger partial charge in [-0.1, -0.05) is 12.1 Å². The molecule has 25 heavy (non-hydrogen) atoms. The molecule has 1 saturated heterocycles. The van der Waals surface area contributed by atoms with Gasteiger partial charge in [-0.3, -0.25) is 9.69 Å². The molecule has 1 fully saturated rings. The van der Waals surface area contributed by atoms with E-state index in [2.05, 4.69) is 39.2 Å². The smallest absolute Gasteiger partial charge is 0.270 e. The van der Waals surface area contributed by atoms with Crippen molar-refractivity contribution in [1.82, 2.24) is 24.6 Å². The Morgan fingerprint density at radius 2 is 1.84 bits per heavy atom. The standard InChI is InChI=1S/C19H21N5O/c25-19(18-3-1-8-20-18)23-13-11-22(12-14-23)15-16-4-6-17(7-5-16)24-10-2-9-21-24/h1-10,20H,11-15H2. The number of carbonyl (C=O) groups is 1. The quantitative estimate of drug-likeness (QED) is 0.795. The second-order valence-corrected chi connectivity index (χ2v) is 6.27. The van der Waals surface area contributed by atoms with E-state index in [1.807, 2.05) is 34.0 Å². The van der Waals surface area contributed by atoms with Crippen LogP contribution in [0, 0.1) is 0 Å². The van der Waals surface area contributed by atoms with Crippen molar-refractivity contribution in [2.45, 2.75) is 6.54 Å². The monoisotopic (exact) mass is 335 g/mol. The Morgan fingerprint density at radius 1 is 1.04 bits per heavy atom. The van der Waals surface area contributed by atoms with E-state index >= 15 is 0 Å². The van der Waals surface area contributed by atoms with Crippen LogP contribution in [-0.4, -0.2) is 56.7 Å². The molecule has 0 bridgehead atoms. The second-order valence-electron chi connectivity index (χ2n) is 6.27. The van der Waals surface area contributed by atoms with Gasteiger partial charge in [0.05, 0.1) is 5.69 Å². The minimum Gasteiger partial charge on any atom is -0.357 e. The van der Waals surface area contributed by atoms with Crippen LogP contribution in [0.2, 0.25) is 0 Å². The van der Waals surface area contributed by atoms with Crippen molar-refractivity contribution in [1.29, 1.82) is 0 Å². The summed E-state index contributed by atoms with van der Waals surface area (Å²) in [7, 11) is 0. The Hall–Kier alpha value is -2.86. The molecule has 6 heteroatoms. The summed E-state index contributed by atoms with van der Waals surface area (Å²) in [5.74, 6) is 0.0909. The number of nitrogens with one attached hydrogen (secondary N) is 1. The van der Waals surface area contributed by atoms with Crippen molar-refractivity contribution in [2.75, 3.05) is 26.2 Å². The van der Waals surface area contributed by atoms with Gasteiger partial charge >= 0.3 is 0 Å². The lowest BCUT2D eigenvalue weighted by molar-refractivity contribution is 0.0623. The van der Waals surface area contributed by atoms with Gasteiger partial charge in [0.1, 0.15) is 5.69 Å². The third kappa shape index (κ3) is 3.49. The summed E-state index contributed by atoms with van der Waals surface area (Å²) >= 11 is 0. The molecule has 0 radical (unpaired) electrons. The molecule has 6 nitrogen and oxygen atoms in total. The van der Waals surface area contributed by atoms with E-state index in [0.717, 1.165) is 38.4 Å². The zero-order valence-electron chi connectivity index (χ0n) is 14.0. The molecule has 0 saturated carbocycles. The number of carbonyl (C=O) groups excluding carboxylic acids is 1. The van der Waals surface area contributed by atoms with Gasteiger partial charge in [-0.2, -0.15) is 5.10 Å². The first kappa shape index (κ1) is 15.7. The van der Waals surface area contributed by atoms with Crippen LogP contribution in [0.4, 0.5) is 0 Å². The lowest BCUT2D eigenvalue weighted by Crippen LogP contribution is -2.48. The number of benzene rings is 1. The summed E-state index contributed by atoms with van der Waals surface area (Å²) in [4.78, 5) is 19.6. The number of rotatable bonds is 4. The lowest BCUT2D eigenvalue weighted by atomic mass is 10.1. The Kier molecular flexibility index (Phi) is 4.35. The summed E-state index contributed by atoms with van der Waals surface area (Å²) < 4.78 is 1.86. The number of hydrogen-bond donors (Lipinski definition) is 1. The van der Waals surface area contributed by atoms with E-state index in [0.29, 0.717) is 5.69 Å². The summed E-state index contributed by atoms with van der Waals surface area (Å²) in [5.41, 5.74) is 3.01. The minimum absolute atomic E-state index is 0.0909. The molecule has 0 aliphatic carbocycles. The first-order valence-corrected chi connectivity index (χ1v) is 8.53. The maximum Gasteiger partial charge on any atom is 0.270 e. The van der Waals surface area contributed by atoms with E-state index in [1.54, 1.807) is 12.4 Å². The van der Waals surface area contributed by atoms with Crippen LogP contribution in [0.3, 0.4) is 0 Å². The van der Waals surface area contributed by atoms with Crippen molar-refractivity contribution in [3.63, 3.8) is 0 Å². The molecule has 0 spiro atoms. The third-order valence-electron chi connectivity index (χ3n) is 4.60. The van der Waals surface area contributed by atoms with Gasteiger partial charge in [0.25, 0.3) is 5.91 Å². The van der Waals surface area contributed by atoms with Crippen LogP contribution in [0.5, 0.6) is 0 Å². The predicted octanol–water partition coefficient (Wildman–Crippen LogP) is 2.16. The maximum atomic E-state index is 12.3. The van der Waals surface area contributed by atoms with Crippen LogP contribution < -0.4 is 0 Å². The van der Waals surface area contributed by atoms with Gasteiger partial charge in [0.15, 0.2) is 0 Å². The Labute approximate surface area is 146 Å². The molecule has 4 rings (SSSR count). The van der Waals surface area contributed by atoms with Crippen molar-refractivity contribution >= 4 is 5.91 Å². The van der Waals surface area contributed by atoms with Crippen molar-refractivity contribution in [3.05, 3.63) is 72.3 Å². The SMILES string of the molecule is O=C(c1ccc[nH]1)N1CCN(Cc2ccc(-n3cccn3)cc2)CC1. The van der Waals surface area contributed by atoms with Gasteiger partial charge in [0, 0.05) is 51.3 Å². The molecule has 3 heterocycles. The van der Waals surface area contributed by atoms with E-state index in [1.165, 1.54) is 5.56 Å². The fourth-order valence-electron chi connectivity index (χ4n) is 3.18. The van der Waals surface area contributed by atoms with Gasteiger partial charge in [-0.05, 0) is 35.9 Å². The molecule has 0 unspecified atom stereocenters. The van der Waals surface area contributed by atoms with Crippen LogP contribution >= 0.6 is 0 Å². The maximum absolute atomic E-state index is 12.3. The molecule has 128 valence electrons. The van der Waals surface area contributed by atoms with Gasteiger partial charge in [-0.15, -0.1) is 0 Å². The zero-order valence-corrected chi connectivity index (χ0v) is 14.0. The lowest BCUT2D eigenvalue weighted by Gasteiger charge is -2.34. The molecule has 3 aromatic rings. The number of piperazine rings is 1. The predicted molar refractivity (Wildman–Crippen MR) is 95.5 cm³/mol. The molecule has 1 N–H and O–H groups in total. The first-order valence-electron chi connectivity index (χ1n) is 8.53. The van der Waals surface area contributed by atoms with Crippen molar-refractivity contribution in [3.8, 4) is 5.69 Å². The highest BCUT2D eigenvalue weighted by molar-refractivity contribution is 5.92. The van der Waals surface area contributed by atoms with Crippen LogP contribution in [0.1, 0.15) is 16.1 Å². The number of nitrogens with zero attached hydrogens (tertiary/aromatic N) is 4. The molecule has 1 aliphatic rings. The summed E-state index contributed by atoms with van der Waals surface area (Å²) in [6.07, 6.45) is 5.51. The largest absolute Gasteiger partial charge is 0.357 e. The Bertz CT molecular complexity index is 800. The molecule has 1 amide bonds. The van der Waals surface area contributed by atoms with Crippen LogP contribution in [0.15, 0.2) is 61.1 Å². The second kappa shape index (κ2) is 6.94. The van der Waals surface area contributed by atoms with Crippen LogP contribution in [0.25, 0.3) is 5.69 Å². The summed E-state index contributed by atoms with van der Waals surface area (Å²) in [6.45, 7) is 4.23. The average Bonchev–Trinajstić information content (AvgIpc) is 3.36. The number of H-pyrrole nitrogens is 1. The van der Waals surface area contributed by atoms with Gasteiger partial charge in [-0.25, -0.2) is 4.68 Å². The molecule has 0 atom stereocenters. The topological polar surface area (TPSA) is 57.2 Å². The highest BCUT2D eigenvalue weighted by Crippen LogP contribution is 2.13. The molecular weight excluding hydrogens is 314 g/mol. The highest BCUT2D eigenvalue weighted by Gasteiger charge is 2.22. The minimum atomic E-state index is 0.0909. The summed E-state index contributed by atoms with van der Waals surface area (Å²) in [6, 6.07) is 14.1. The van der Waals surface area contributed by atoms with Crippen LogP contribution in [-0.2, 0) is 6.54 Å². The van der Waals surface area contributed by atoms with Gasteiger partial charge < -0.3 is 9.88 Å². The van der Waals surface area contributed by atoms with E-state index in [9.17, 15) is 4.79 Å². The number of amides is 1. The van der Waals surface area contributed by atoms with Crippen molar-refractivity contribution < 1.29 is 4.79 Å². The van der Waals surface area contributed by atoms with Gasteiger partial charge in [0.2, 0.25) is 0 Å². The number of hydrogen-bond acceptors (Lipinski definition) is 3. The number of aromatic nitrogens is 3. The number of aromatic amines is 1. The normalized spacial score (nSPS) is 15.4. The fraction of sp³-hybridized carbons (Fsp3) is 0.263. The van der Waals surface area contributed by atoms with E-state index in [-0.39, 0.29) is 5.91 Å². The van der Waals surface area contributed by atoms with Crippen molar-refractivity contribution in [2.24, 2.45) is 0 Å².